The Balaban J connectivity index is 1.75. The molecule has 1 N–H and O–H groups in total. The topological polar surface area (TPSA) is 55.4 Å². The molecule has 2 aromatic rings. The van der Waals surface area contributed by atoms with E-state index in [1.54, 1.807) is 0 Å². The van der Waals surface area contributed by atoms with Crippen molar-refractivity contribution in [1.82, 2.24) is 5.32 Å². The highest BCUT2D eigenvalue weighted by atomic mass is 16.6. The van der Waals surface area contributed by atoms with E-state index < -0.39 is 18.2 Å². The van der Waals surface area contributed by atoms with Gasteiger partial charge < -0.3 is 14.8 Å². The zero-order chi connectivity index (χ0) is 18.2. The second-order valence-electron chi connectivity index (χ2n) is 6.06. The van der Waals surface area contributed by atoms with E-state index in [9.17, 15) is 9.59 Å². The van der Waals surface area contributed by atoms with E-state index in [0.717, 1.165) is 29.4 Å². The van der Waals surface area contributed by atoms with Crippen LogP contribution in [0.5, 0.6) is 0 Å². The Bertz CT molecular complexity index is 757. The maximum absolute atomic E-state index is 12.5. The molecule has 132 valence electrons. The average Bonchev–Trinajstić information content (AvgIpc) is 2.72. The zero-order valence-electron chi connectivity index (χ0n) is 14.4. The third-order valence-electron chi connectivity index (χ3n) is 4.27. The Labute approximate surface area is 153 Å². The van der Waals surface area contributed by atoms with Crippen molar-refractivity contribution in [2.45, 2.75) is 25.0 Å². The zero-order valence-corrected chi connectivity index (χ0v) is 14.4. The number of hydrogen-bond acceptors (Lipinski definition) is 3. The molecular weight excluding hydrogens is 326 g/mol. The molecule has 0 fully saturated rings. The minimum absolute atomic E-state index is 0.537. The summed E-state index contributed by atoms with van der Waals surface area (Å²) in [6.45, 7) is 0. The maximum atomic E-state index is 12.5. The lowest BCUT2D eigenvalue weighted by atomic mass is 9.99. The van der Waals surface area contributed by atoms with Crippen LogP contribution in [0, 0.1) is 0 Å². The van der Waals surface area contributed by atoms with Crippen LogP contribution in [0.4, 0.5) is 4.79 Å². The van der Waals surface area contributed by atoms with Gasteiger partial charge in [0.25, 0.3) is 0 Å². The van der Waals surface area contributed by atoms with Crippen molar-refractivity contribution < 1.29 is 14.3 Å². The van der Waals surface area contributed by atoms with E-state index in [4.69, 9.17) is 4.74 Å². The van der Waals surface area contributed by atoms with Crippen LogP contribution < -0.4 is 5.32 Å². The lowest BCUT2D eigenvalue weighted by molar-refractivity contribution is -0.108. The lowest BCUT2D eigenvalue weighted by Gasteiger charge is -2.22. The Morgan fingerprint density at radius 1 is 0.962 bits per heavy atom. The van der Waals surface area contributed by atoms with Crippen LogP contribution in [-0.4, -0.2) is 18.4 Å². The Hall–Kier alpha value is -3.14. The molecule has 1 atom stereocenters. The normalized spacial score (nSPS) is 14.4. The number of benzene rings is 2. The molecule has 2 aromatic carbocycles. The van der Waals surface area contributed by atoms with Gasteiger partial charge in [0.1, 0.15) is 12.3 Å². The van der Waals surface area contributed by atoms with E-state index >= 15 is 0 Å². The molecule has 0 radical (unpaired) electrons. The van der Waals surface area contributed by atoms with Crippen LogP contribution in [0.1, 0.15) is 30.1 Å². The molecule has 1 aliphatic rings. The molecule has 1 aliphatic carbocycles. The summed E-state index contributed by atoms with van der Waals surface area (Å²) in [6, 6.07) is 18.4. The summed E-state index contributed by atoms with van der Waals surface area (Å²) >= 11 is 0. The molecule has 0 heterocycles. The summed E-state index contributed by atoms with van der Waals surface area (Å²) in [4.78, 5) is 23.9. The maximum Gasteiger partial charge on any atom is 0.408 e. The smallest absolute Gasteiger partial charge is 0.408 e. The second-order valence-corrected chi connectivity index (χ2v) is 6.06. The highest BCUT2D eigenvalue weighted by Gasteiger charge is 2.22. The van der Waals surface area contributed by atoms with Crippen molar-refractivity contribution in [3.05, 3.63) is 95.6 Å². The Kier molecular flexibility index (Phi) is 5.99. The highest BCUT2D eigenvalue weighted by Crippen LogP contribution is 2.26. The van der Waals surface area contributed by atoms with Crippen LogP contribution in [0.2, 0.25) is 0 Å². The number of carbonyl (C=O) groups excluding carboxylic acids is 2. The predicted molar refractivity (Wildman–Crippen MR) is 101 cm³/mol. The fraction of sp³-hybridized carbons (Fsp3) is 0.182. The van der Waals surface area contributed by atoms with Gasteiger partial charge in [-0.3, -0.25) is 0 Å². The van der Waals surface area contributed by atoms with E-state index in [1.165, 1.54) is 0 Å². The molecule has 0 saturated carbocycles. The van der Waals surface area contributed by atoms with Crippen molar-refractivity contribution in [3.63, 3.8) is 0 Å². The summed E-state index contributed by atoms with van der Waals surface area (Å²) < 4.78 is 5.69. The molecule has 4 nitrogen and oxygen atoms in total. The quantitative estimate of drug-likeness (QED) is 0.624. The molecule has 1 amide bonds. The second kappa shape index (κ2) is 8.81. The highest BCUT2D eigenvalue weighted by molar-refractivity contribution is 5.76. The van der Waals surface area contributed by atoms with E-state index in [1.807, 2.05) is 78.9 Å². The van der Waals surface area contributed by atoms with Crippen molar-refractivity contribution in [3.8, 4) is 0 Å². The predicted octanol–water partition coefficient (Wildman–Crippen LogP) is 4.35. The first-order valence-electron chi connectivity index (χ1n) is 8.64. The van der Waals surface area contributed by atoms with E-state index in [2.05, 4.69) is 5.32 Å². The summed E-state index contributed by atoms with van der Waals surface area (Å²) in [6.07, 6.45) is 7.01. The molecule has 0 bridgehead atoms. The number of rotatable bonds is 6. The number of ether oxygens (including phenoxy) is 1. The van der Waals surface area contributed by atoms with E-state index in [0.29, 0.717) is 6.42 Å². The first-order chi connectivity index (χ1) is 12.8. The number of alkyl carbamates (subject to hydrolysis) is 1. The number of carbonyl (C=O) groups is 2. The molecule has 0 aliphatic heterocycles. The van der Waals surface area contributed by atoms with Crippen molar-refractivity contribution in [1.29, 1.82) is 0 Å². The standard InChI is InChI=1S/C22H21NO3/c24-16-20(17-10-4-1-5-11-17)23-22(25)26-21(18-12-6-2-7-13-18)19-14-8-3-9-15-19/h1-4,6-9,11-16,20-21H,5,10H2,(H,23,25). The largest absolute Gasteiger partial charge is 0.436 e. The molecule has 1 unspecified atom stereocenters. The fourth-order valence-corrected chi connectivity index (χ4v) is 2.94. The minimum atomic E-state index is -0.667. The minimum Gasteiger partial charge on any atom is -0.436 e. The van der Waals surface area contributed by atoms with Gasteiger partial charge in [0, 0.05) is 0 Å². The Morgan fingerprint density at radius 2 is 1.58 bits per heavy atom. The van der Waals surface area contributed by atoms with E-state index in [-0.39, 0.29) is 0 Å². The van der Waals surface area contributed by atoms with Crippen LogP contribution >= 0.6 is 0 Å². The van der Waals surface area contributed by atoms with Gasteiger partial charge in [-0.2, -0.15) is 0 Å². The first kappa shape index (κ1) is 17.7. The third-order valence-corrected chi connectivity index (χ3v) is 4.27. The number of allylic oxidation sites excluding steroid dienone is 3. The summed E-state index contributed by atoms with van der Waals surface area (Å²) in [7, 11) is 0. The first-order valence-corrected chi connectivity index (χ1v) is 8.64. The molecule has 0 spiro atoms. The molecule has 0 aromatic heterocycles. The van der Waals surface area contributed by atoms with Gasteiger partial charge in [0.05, 0.1) is 0 Å². The fourth-order valence-electron chi connectivity index (χ4n) is 2.94. The number of aldehydes is 1. The monoisotopic (exact) mass is 347 g/mol. The van der Waals surface area contributed by atoms with Gasteiger partial charge in [-0.1, -0.05) is 78.9 Å². The van der Waals surface area contributed by atoms with Crippen molar-refractivity contribution in [2.75, 3.05) is 0 Å². The summed E-state index contributed by atoms with van der Waals surface area (Å²) in [5, 5.41) is 2.68. The summed E-state index contributed by atoms with van der Waals surface area (Å²) in [5.41, 5.74) is 2.63. The van der Waals surface area contributed by atoms with Gasteiger partial charge in [-0.05, 0) is 29.5 Å². The molecule has 0 saturated heterocycles. The molecule has 3 rings (SSSR count). The lowest BCUT2D eigenvalue weighted by Crippen LogP contribution is -2.38. The van der Waals surface area contributed by atoms with Gasteiger partial charge >= 0.3 is 6.09 Å². The van der Waals surface area contributed by atoms with Gasteiger partial charge in [0.2, 0.25) is 0 Å². The molecular formula is C22H21NO3. The van der Waals surface area contributed by atoms with Crippen LogP contribution in [0.3, 0.4) is 0 Å². The third kappa shape index (κ3) is 4.48. The summed E-state index contributed by atoms with van der Waals surface area (Å²) in [5.74, 6) is 0. The van der Waals surface area contributed by atoms with Gasteiger partial charge in [0.15, 0.2) is 6.10 Å². The number of hydrogen-bond donors (Lipinski definition) is 1. The number of nitrogens with one attached hydrogen (secondary N) is 1. The molecule has 4 heteroatoms. The van der Waals surface area contributed by atoms with Crippen molar-refractivity contribution in [2.24, 2.45) is 0 Å². The van der Waals surface area contributed by atoms with Crippen LogP contribution in [-0.2, 0) is 9.53 Å². The average molecular weight is 347 g/mol. The van der Waals surface area contributed by atoms with Crippen molar-refractivity contribution >= 4 is 12.4 Å². The Morgan fingerprint density at radius 3 is 2.08 bits per heavy atom. The SMILES string of the molecule is O=CC(NC(=O)OC(c1ccccc1)c1ccccc1)C1=CCC=CC1. The van der Waals surface area contributed by atoms with Crippen LogP contribution in [0.25, 0.3) is 0 Å². The van der Waals surface area contributed by atoms with Crippen LogP contribution in [0.15, 0.2) is 84.5 Å². The van der Waals surface area contributed by atoms with Gasteiger partial charge in [-0.25, -0.2) is 4.79 Å². The van der Waals surface area contributed by atoms with Gasteiger partial charge in [-0.15, -0.1) is 0 Å². The molecule has 26 heavy (non-hydrogen) atoms. The number of amides is 1.